The van der Waals surface area contributed by atoms with E-state index in [1.54, 1.807) is 0 Å². The molecule has 0 aliphatic carbocycles. The molecule has 1 atom stereocenters. The molecule has 1 aliphatic heterocycles. The van der Waals surface area contributed by atoms with Crippen molar-refractivity contribution in [3.8, 4) is 0 Å². The second-order valence-electron chi connectivity index (χ2n) is 13.2. The van der Waals surface area contributed by atoms with Gasteiger partial charge in [-0.1, -0.05) is 64.6 Å². The number of rotatable bonds is 8. The minimum absolute atomic E-state index is 0.0236. The Balaban J connectivity index is 1.78. The topological polar surface area (TPSA) is 105 Å². The van der Waals surface area contributed by atoms with Crippen LogP contribution in [-0.4, -0.2) is 33.5 Å². The van der Waals surface area contributed by atoms with Crippen LogP contribution in [0.15, 0.2) is 52.0 Å². The van der Waals surface area contributed by atoms with Crippen LogP contribution >= 0.6 is 11.8 Å². The lowest BCUT2D eigenvalue weighted by atomic mass is 9.80. The summed E-state index contributed by atoms with van der Waals surface area (Å²) in [5, 5.41) is 23.7. The van der Waals surface area contributed by atoms with Gasteiger partial charge in [0.15, 0.2) is 0 Å². The van der Waals surface area contributed by atoms with Gasteiger partial charge in [0.1, 0.15) is 21.9 Å². The first kappa shape index (κ1) is 32.5. The molecule has 3 N–H and O–H groups in total. The fraction of sp³-hybridized carbons (Fsp3) is 0.515. The highest BCUT2D eigenvalue weighted by Gasteiger charge is 2.44. The number of aliphatic hydroxyl groups excluding tert-OH is 2. The molecule has 3 rings (SSSR count). The van der Waals surface area contributed by atoms with Gasteiger partial charge < -0.3 is 19.7 Å². The van der Waals surface area contributed by atoms with E-state index in [-0.39, 0.29) is 35.0 Å². The van der Waals surface area contributed by atoms with E-state index in [0.717, 1.165) is 27.1 Å². The summed E-state index contributed by atoms with van der Waals surface area (Å²) < 4.78 is 11.4. The molecule has 7 nitrogen and oxygen atoms in total. The summed E-state index contributed by atoms with van der Waals surface area (Å²) in [5.41, 5.74) is 2.77. The predicted octanol–water partition coefficient (Wildman–Crippen LogP) is 7.97. The van der Waals surface area contributed by atoms with Crippen molar-refractivity contribution in [3.63, 3.8) is 0 Å². The number of thioether (sulfide) groups is 1. The highest BCUT2D eigenvalue weighted by atomic mass is 32.2. The number of esters is 1. The van der Waals surface area contributed by atoms with Gasteiger partial charge in [0.05, 0.1) is 6.61 Å². The lowest BCUT2D eigenvalue weighted by Gasteiger charge is -2.40. The highest BCUT2D eigenvalue weighted by molar-refractivity contribution is 8.04. The maximum Gasteiger partial charge on any atom is 0.412 e. The van der Waals surface area contributed by atoms with Crippen molar-refractivity contribution in [1.29, 1.82) is 0 Å². The molecule has 1 heterocycles. The Morgan fingerprint density at radius 1 is 1.12 bits per heavy atom. The average Bonchev–Trinajstić information content (AvgIpc) is 2.84. The molecule has 0 saturated carbocycles. The first-order valence-electron chi connectivity index (χ1n) is 14.1. The number of cyclic esters (lactones) is 1. The normalized spacial score (nSPS) is 18.0. The van der Waals surface area contributed by atoms with Crippen LogP contribution in [0.2, 0.25) is 0 Å². The molecule has 2 aromatic carbocycles. The summed E-state index contributed by atoms with van der Waals surface area (Å²) in [5.74, 6) is -0.502. The molecule has 0 saturated heterocycles. The maximum atomic E-state index is 13.4. The standard InChI is InChI=1S/C33H45NO6S/c1-20(2)33(15-14-22-10-12-24(13-11-22)34-30(38)40-32(7,8)9)18-26(36)28(29(37)39-33)41-27-16-21(3)23(19-35)17-25(27)31(4,5)6/h10-13,16-17,20,35-36H,14-15,18-19H2,1-9H3,(H,34,38). The molecule has 1 amide bonds. The van der Waals surface area contributed by atoms with Crippen molar-refractivity contribution >= 4 is 29.5 Å². The molecule has 1 aliphatic rings. The average molecular weight is 584 g/mol. The number of amides is 1. The van der Waals surface area contributed by atoms with Gasteiger partial charge in [-0.25, -0.2) is 9.59 Å². The smallest absolute Gasteiger partial charge is 0.412 e. The predicted molar refractivity (Wildman–Crippen MR) is 164 cm³/mol. The third kappa shape index (κ3) is 8.29. The number of anilines is 1. The van der Waals surface area contributed by atoms with Crippen molar-refractivity contribution in [2.45, 2.75) is 110 Å². The molecule has 0 bridgehead atoms. The van der Waals surface area contributed by atoms with E-state index in [2.05, 4.69) is 26.1 Å². The Morgan fingerprint density at radius 3 is 2.27 bits per heavy atom. The number of hydrogen-bond donors (Lipinski definition) is 3. The Bertz CT molecular complexity index is 1300. The number of aryl methyl sites for hydroxylation is 2. The second kappa shape index (κ2) is 12.5. The van der Waals surface area contributed by atoms with Crippen molar-refractivity contribution in [2.24, 2.45) is 5.92 Å². The van der Waals surface area contributed by atoms with Crippen molar-refractivity contribution in [1.82, 2.24) is 0 Å². The van der Waals surface area contributed by atoms with Crippen LogP contribution in [0, 0.1) is 12.8 Å². The van der Waals surface area contributed by atoms with E-state index in [1.165, 1.54) is 11.8 Å². The Labute approximate surface area is 248 Å². The van der Waals surface area contributed by atoms with Gasteiger partial charge in [-0.15, -0.1) is 0 Å². The zero-order valence-electron chi connectivity index (χ0n) is 25.8. The summed E-state index contributed by atoms with van der Waals surface area (Å²) in [7, 11) is 0. The third-order valence-corrected chi connectivity index (χ3v) is 8.49. The largest absolute Gasteiger partial charge is 0.511 e. The van der Waals surface area contributed by atoms with Gasteiger partial charge in [0.2, 0.25) is 0 Å². The number of carbonyl (C=O) groups excluding carboxylic acids is 2. The molecular weight excluding hydrogens is 538 g/mol. The van der Waals surface area contributed by atoms with E-state index in [9.17, 15) is 19.8 Å². The number of carbonyl (C=O) groups is 2. The molecule has 41 heavy (non-hydrogen) atoms. The van der Waals surface area contributed by atoms with Gasteiger partial charge in [0.25, 0.3) is 0 Å². The first-order valence-corrected chi connectivity index (χ1v) is 14.9. The minimum atomic E-state index is -0.845. The number of ether oxygens (including phenoxy) is 2. The van der Waals surface area contributed by atoms with Crippen LogP contribution in [0.3, 0.4) is 0 Å². The molecule has 8 heteroatoms. The molecule has 2 aromatic rings. The van der Waals surface area contributed by atoms with E-state index < -0.39 is 23.3 Å². The molecule has 1 unspecified atom stereocenters. The van der Waals surface area contributed by atoms with Gasteiger partial charge in [-0.2, -0.15) is 0 Å². The summed E-state index contributed by atoms with van der Waals surface area (Å²) in [6, 6.07) is 11.4. The zero-order chi connectivity index (χ0) is 30.8. The van der Waals surface area contributed by atoms with E-state index in [4.69, 9.17) is 9.47 Å². The lowest BCUT2D eigenvalue weighted by molar-refractivity contribution is -0.164. The van der Waals surface area contributed by atoms with Crippen LogP contribution in [0.5, 0.6) is 0 Å². The summed E-state index contributed by atoms with van der Waals surface area (Å²) in [6.45, 7) is 17.6. The van der Waals surface area contributed by atoms with Crippen LogP contribution in [0.4, 0.5) is 10.5 Å². The van der Waals surface area contributed by atoms with E-state index in [0.29, 0.717) is 18.5 Å². The van der Waals surface area contributed by atoms with E-state index >= 15 is 0 Å². The van der Waals surface area contributed by atoms with Gasteiger partial charge >= 0.3 is 12.1 Å². The summed E-state index contributed by atoms with van der Waals surface area (Å²) >= 11 is 1.23. The minimum Gasteiger partial charge on any atom is -0.511 e. The maximum absolute atomic E-state index is 13.4. The van der Waals surface area contributed by atoms with Crippen molar-refractivity contribution in [3.05, 3.63) is 69.3 Å². The van der Waals surface area contributed by atoms with Crippen molar-refractivity contribution in [2.75, 3.05) is 5.32 Å². The van der Waals surface area contributed by atoms with Crippen molar-refractivity contribution < 1.29 is 29.3 Å². The fourth-order valence-corrected chi connectivity index (χ4v) is 6.05. The van der Waals surface area contributed by atoms with Gasteiger partial charge in [0, 0.05) is 17.0 Å². The van der Waals surface area contributed by atoms with Crippen LogP contribution in [-0.2, 0) is 32.7 Å². The molecule has 0 aromatic heterocycles. The summed E-state index contributed by atoms with van der Waals surface area (Å²) in [6.07, 6.45) is 0.886. The fourth-order valence-electron chi connectivity index (χ4n) is 4.81. The van der Waals surface area contributed by atoms with Crippen LogP contribution in [0.1, 0.15) is 90.5 Å². The van der Waals surface area contributed by atoms with Gasteiger partial charge in [-0.3, -0.25) is 5.32 Å². The van der Waals surface area contributed by atoms with Gasteiger partial charge in [-0.05, 0) is 92.3 Å². The quantitative estimate of drug-likeness (QED) is 0.271. The zero-order valence-corrected chi connectivity index (χ0v) is 26.6. The Morgan fingerprint density at radius 2 is 1.76 bits per heavy atom. The number of hydrogen-bond acceptors (Lipinski definition) is 7. The van der Waals surface area contributed by atoms with Crippen LogP contribution in [0.25, 0.3) is 0 Å². The monoisotopic (exact) mass is 583 g/mol. The SMILES string of the molecule is Cc1cc(SC2=C(O)CC(CCc3ccc(NC(=O)OC(C)(C)C)cc3)(C(C)C)OC2=O)c(C(C)(C)C)cc1CO. The second-order valence-corrected chi connectivity index (χ2v) is 14.2. The summed E-state index contributed by atoms with van der Waals surface area (Å²) in [4.78, 5) is 26.5. The number of nitrogens with one attached hydrogen (secondary N) is 1. The number of benzene rings is 2. The molecule has 0 fully saturated rings. The molecule has 0 spiro atoms. The third-order valence-electron chi connectivity index (χ3n) is 7.33. The van der Waals surface area contributed by atoms with E-state index in [1.807, 2.05) is 77.9 Å². The molecular formula is C33H45NO6S. The lowest BCUT2D eigenvalue weighted by Crippen LogP contribution is -2.44. The number of aliphatic hydroxyl groups is 2. The highest BCUT2D eigenvalue weighted by Crippen LogP contribution is 2.45. The Kier molecular flexibility index (Phi) is 9.92. The molecule has 0 radical (unpaired) electrons. The molecule has 224 valence electrons. The Hall–Kier alpha value is -2.97. The van der Waals surface area contributed by atoms with Crippen LogP contribution < -0.4 is 5.32 Å². The first-order chi connectivity index (χ1) is 18.9.